The molecule has 0 radical (unpaired) electrons. The lowest BCUT2D eigenvalue weighted by Crippen LogP contribution is -2.53. The van der Waals surface area contributed by atoms with Crippen molar-refractivity contribution in [3.05, 3.63) is 34.4 Å². The first-order valence-corrected chi connectivity index (χ1v) is 11.7. The van der Waals surface area contributed by atoms with Crippen LogP contribution in [0.15, 0.2) is 29.2 Å². The summed E-state index contributed by atoms with van der Waals surface area (Å²) in [5, 5.41) is 10.9. The predicted molar refractivity (Wildman–Crippen MR) is 113 cm³/mol. The highest BCUT2D eigenvalue weighted by Gasteiger charge is 2.53. The topological polar surface area (TPSA) is 153 Å². The summed E-state index contributed by atoms with van der Waals surface area (Å²) in [6.07, 6.45) is -2.19. The maximum absolute atomic E-state index is 13.0. The molecule has 0 unspecified atom stereocenters. The Morgan fingerprint density at radius 1 is 1.18 bits per heavy atom. The van der Waals surface area contributed by atoms with Gasteiger partial charge in [0.2, 0.25) is 10.0 Å². The maximum Gasteiger partial charge on any atom is 0.302 e. The van der Waals surface area contributed by atoms with E-state index in [1.165, 1.54) is 6.92 Å². The van der Waals surface area contributed by atoms with Gasteiger partial charge in [-0.05, 0) is 39.8 Å². The first-order valence-electron chi connectivity index (χ1n) is 10.3. The van der Waals surface area contributed by atoms with Crippen molar-refractivity contribution in [3.8, 4) is 0 Å². The second-order valence-corrected chi connectivity index (χ2v) is 10.4. The normalized spacial score (nSPS) is 27.2. The molecule has 0 bridgehead atoms. The fourth-order valence-corrected chi connectivity index (χ4v) is 4.94. The Kier molecular flexibility index (Phi) is 7.13. The van der Waals surface area contributed by atoms with E-state index in [-0.39, 0.29) is 23.8 Å². The minimum atomic E-state index is -4.17. The second kappa shape index (κ2) is 9.24. The van der Waals surface area contributed by atoms with Crippen molar-refractivity contribution in [1.29, 1.82) is 0 Å². The highest BCUT2D eigenvalue weighted by atomic mass is 32.2. The van der Waals surface area contributed by atoms with Crippen LogP contribution >= 0.6 is 0 Å². The zero-order valence-corrected chi connectivity index (χ0v) is 19.8. The van der Waals surface area contributed by atoms with Crippen molar-refractivity contribution in [2.45, 2.75) is 75.4 Å². The van der Waals surface area contributed by atoms with Crippen LogP contribution in [0.25, 0.3) is 0 Å². The summed E-state index contributed by atoms with van der Waals surface area (Å²) < 4.78 is 57.2. The van der Waals surface area contributed by atoms with Crippen molar-refractivity contribution in [3.63, 3.8) is 0 Å². The molecule has 1 aromatic rings. The van der Waals surface area contributed by atoms with Gasteiger partial charge in [-0.15, -0.1) is 0 Å². The van der Waals surface area contributed by atoms with Gasteiger partial charge in [0.15, 0.2) is 11.6 Å². The van der Waals surface area contributed by atoms with Gasteiger partial charge < -0.3 is 23.7 Å². The number of ether oxygens (including phenoxy) is 5. The summed E-state index contributed by atoms with van der Waals surface area (Å²) in [6, 6.07) is 3.36. The highest BCUT2D eigenvalue weighted by molar-refractivity contribution is 7.89. The number of nitro benzene ring substituents is 1. The van der Waals surface area contributed by atoms with Gasteiger partial charge >= 0.3 is 5.97 Å². The maximum atomic E-state index is 13.0. The molecule has 2 saturated heterocycles. The summed E-state index contributed by atoms with van der Waals surface area (Å²) >= 11 is 0. The van der Waals surface area contributed by atoms with Gasteiger partial charge in [-0.2, -0.15) is 0 Å². The van der Waals surface area contributed by atoms with Crippen LogP contribution < -0.4 is 4.72 Å². The van der Waals surface area contributed by atoms with Gasteiger partial charge in [0, 0.05) is 19.1 Å². The minimum absolute atomic E-state index is 0.197. The number of sulfonamides is 1. The summed E-state index contributed by atoms with van der Waals surface area (Å²) in [5.74, 6) is -2.53. The zero-order chi connectivity index (χ0) is 24.6. The number of nitro groups is 1. The number of benzene rings is 1. The number of non-ortho nitro benzene ring substituents is 1. The molecule has 0 amide bonds. The Morgan fingerprint density at radius 3 is 2.33 bits per heavy atom. The summed E-state index contributed by atoms with van der Waals surface area (Å²) in [5.41, 5.74) is -0.249. The van der Waals surface area contributed by atoms with Crippen molar-refractivity contribution in [2.75, 3.05) is 13.2 Å². The molecule has 33 heavy (non-hydrogen) atoms. The van der Waals surface area contributed by atoms with E-state index >= 15 is 0 Å². The quantitative estimate of drug-likeness (QED) is 0.323. The van der Waals surface area contributed by atoms with Crippen molar-refractivity contribution >= 4 is 21.7 Å². The van der Waals surface area contributed by atoms with Crippen LogP contribution in [-0.4, -0.2) is 68.5 Å². The average molecular weight is 489 g/mol. The van der Waals surface area contributed by atoms with Gasteiger partial charge in [-0.3, -0.25) is 14.9 Å². The Balaban J connectivity index is 1.88. The summed E-state index contributed by atoms with van der Waals surface area (Å²) in [4.78, 5) is 21.5. The number of esters is 1. The SMILES string of the molecule is CC(=O)OC[C@@H](NS(=O)(=O)c1ccc([N+](=O)[O-])cc1)[C@H]1OC(C)(C)O[C@@H]1[C@H]1COC(C)(C)O1. The molecule has 2 aliphatic heterocycles. The lowest BCUT2D eigenvalue weighted by Gasteiger charge is -2.29. The fraction of sp³-hybridized carbons (Fsp3) is 0.650. The molecular weight excluding hydrogens is 460 g/mol. The van der Waals surface area contributed by atoms with E-state index in [1.54, 1.807) is 27.7 Å². The molecule has 0 spiro atoms. The van der Waals surface area contributed by atoms with Crippen molar-refractivity contribution < 1.29 is 41.8 Å². The molecule has 4 atom stereocenters. The molecule has 1 N–H and O–H groups in total. The summed E-state index contributed by atoms with van der Waals surface area (Å²) in [6.45, 7) is 7.91. The summed E-state index contributed by atoms with van der Waals surface area (Å²) in [7, 11) is -4.17. The van der Waals surface area contributed by atoms with Crippen LogP contribution in [-0.2, 0) is 38.5 Å². The fourth-order valence-electron chi connectivity index (χ4n) is 3.71. The number of rotatable bonds is 8. The number of carbonyl (C=O) groups excluding carboxylic acids is 1. The lowest BCUT2D eigenvalue weighted by molar-refractivity contribution is -0.384. The largest absolute Gasteiger partial charge is 0.464 e. The molecule has 2 heterocycles. The van der Waals surface area contributed by atoms with E-state index in [0.29, 0.717) is 0 Å². The van der Waals surface area contributed by atoms with Gasteiger partial charge in [0.05, 0.1) is 22.5 Å². The molecule has 3 rings (SSSR count). The van der Waals surface area contributed by atoms with Crippen LogP contribution in [0.5, 0.6) is 0 Å². The van der Waals surface area contributed by atoms with Crippen molar-refractivity contribution in [2.24, 2.45) is 0 Å². The van der Waals surface area contributed by atoms with E-state index in [2.05, 4.69) is 4.72 Å². The van der Waals surface area contributed by atoms with E-state index in [1.807, 2.05) is 0 Å². The molecule has 184 valence electrons. The third-order valence-electron chi connectivity index (χ3n) is 5.09. The van der Waals surface area contributed by atoms with Gasteiger partial charge in [0.1, 0.15) is 24.9 Å². The molecule has 1 aromatic carbocycles. The highest BCUT2D eigenvalue weighted by Crippen LogP contribution is 2.37. The number of hydrogen-bond acceptors (Lipinski definition) is 10. The number of nitrogens with one attached hydrogen (secondary N) is 1. The third kappa shape index (κ3) is 6.25. The van der Waals surface area contributed by atoms with Crippen LogP contribution in [0.4, 0.5) is 5.69 Å². The average Bonchev–Trinajstić information content (AvgIpc) is 3.23. The zero-order valence-electron chi connectivity index (χ0n) is 19.0. The van der Waals surface area contributed by atoms with Crippen molar-refractivity contribution in [1.82, 2.24) is 4.72 Å². The van der Waals surface area contributed by atoms with E-state index < -0.39 is 56.8 Å². The molecule has 0 saturated carbocycles. The van der Waals surface area contributed by atoms with E-state index in [9.17, 15) is 23.3 Å². The first-order chi connectivity index (χ1) is 15.2. The third-order valence-corrected chi connectivity index (χ3v) is 6.59. The molecule has 12 nitrogen and oxygen atoms in total. The molecule has 2 fully saturated rings. The van der Waals surface area contributed by atoms with E-state index in [4.69, 9.17) is 23.7 Å². The monoisotopic (exact) mass is 488 g/mol. The number of carbonyl (C=O) groups is 1. The Morgan fingerprint density at radius 2 is 1.82 bits per heavy atom. The molecule has 0 aliphatic carbocycles. The molecule has 13 heteroatoms. The molecule has 0 aromatic heterocycles. The number of hydrogen-bond donors (Lipinski definition) is 1. The smallest absolute Gasteiger partial charge is 0.302 e. The predicted octanol–water partition coefficient (Wildman–Crippen LogP) is 1.48. The van der Waals surface area contributed by atoms with Crippen LogP contribution in [0.2, 0.25) is 0 Å². The van der Waals surface area contributed by atoms with Crippen LogP contribution in [0.1, 0.15) is 34.6 Å². The lowest BCUT2D eigenvalue weighted by atomic mass is 10.0. The molecule has 2 aliphatic rings. The standard InChI is InChI=1S/C20H28N2O10S/c1-12(23)28-10-15(21-33(26,27)14-8-6-13(7-9-14)22(24)25)17-18(32-20(4,5)31-17)16-11-29-19(2,3)30-16/h6-9,15-18,21H,10-11H2,1-5H3/t15-,16-,17-,18-/m1/s1. The first kappa shape index (κ1) is 25.5. The van der Waals surface area contributed by atoms with Crippen LogP contribution in [0, 0.1) is 10.1 Å². The minimum Gasteiger partial charge on any atom is -0.464 e. The Bertz CT molecular complexity index is 993. The van der Waals surface area contributed by atoms with Gasteiger partial charge in [0.25, 0.3) is 5.69 Å². The Hall–Kier alpha value is -2.16. The van der Waals surface area contributed by atoms with E-state index in [0.717, 1.165) is 24.3 Å². The number of nitrogens with zero attached hydrogens (tertiary/aromatic N) is 1. The molecular formula is C20H28N2O10S. The van der Waals surface area contributed by atoms with Gasteiger partial charge in [-0.25, -0.2) is 13.1 Å². The Labute approximate surface area is 191 Å². The second-order valence-electron chi connectivity index (χ2n) is 8.71. The van der Waals surface area contributed by atoms with Crippen LogP contribution in [0.3, 0.4) is 0 Å². The van der Waals surface area contributed by atoms with Gasteiger partial charge in [-0.1, -0.05) is 0 Å².